The van der Waals surface area contributed by atoms with Gasteiger partial charge in [0.15, 0.2) is 5.16 Å². The molecule has 0 radical (unpaired) electrons. The Morgan fingerprint density at radius 3 is 2.67 bits per heavy atom. The largest absolute Gasteiger partial charge is 0.306 e. The molecule has 0 aliphatic heterocycles. The highest BCUT2D eigenvalue weighted by molar-refractivity contribution is 7.98. The van der Waals surface area contributed by atoms with Crippen LogP contribution in [0, 0.1) is 11.3 Å². The van der Waals surface area contributed by atoms with Crippen LogP contribution in [0.1, 0.15) is 30.0 Å². The van der Waals surface area contributed by atoms with Gasteiger partial charge in [-0.15, -0.1) is 10.2 Å². The van der Waals surface area contributed by atoms with Crippen molar-refractivity contribution in [1.29, 1.82) is 5.26 Å². The van der Waals surface area contributed by atoms with Gasteiger partial charge in [0, 0.05) is 11.8 Å². The molecule has 0 N–H and O–H groups in total. The second kappa shape index (κ2) is 6.50. The topological polar surface area (TPSA) is 54.5 Å². The molecule has 4 nitrogen and oxygen atoms in total. The van der Waals surface area contributed by atoms with Crippen LogP contribution in [0.4, 0.5) is 0 Å². The van der Waals surface area contributed by atoms with Crippen molar-refractivity contribution in [2.24, 2.45) is 0 Å². The summed E-state index contributed by atoms with van der Waals surface area (Å²) in [6.45, 7) is 0. The SMILES string of the molecule is N#Cc1ccccc1-c1ccc(CSc2nncn2C2CC2)cc1. The van der Waals surface area contributed by atoms with Crippen molar-refractivity contribution in [3.63, 3.8) is 0 Å². The molecule has 5 heteroatoms. The van der Waals surface area contributed by atoms with Crippen LogP contribution >= 0.6 is 11.8 Å². The average molecular weight is 332 g/mol. The fraction of sp³-hybridized carbons (Fsp3) is 0.211. The number of hydrogen-bond donors (Lipinski definition) is 0. The molecule has 1 saturated carbocycles. The Hall–Kier alpha value is -2.58. The predicted molar refractivity (Wildman–Crippen MR) is 94.4 cm³/mol. The van der Waals surface area contributed by atoms with Crippen LogP contribution in [-0.4, -0.2) is 14.8 Å². The van der Waals surface area contributed by atoms with Gasteiger partial charge in [-0.1, -0.05) is 54.2 Å². The number of benzene rings is 2. The third-order valence-electron chi connectivity index (χ3n) is 4.16. The molecule has 0 unspecified atom stereocenters. The fourth-order valence-corrected chi connectivity index (χ4v) is 3.64. The van der Waals surface area contributed by atoms with Crippen molar-refractivity contribution in [2.75, 3.05) is 0 Å². The normalized spacial score (nSPS) is 13.6. The Kier molecular flexibility index (Phi) is 4.06. The van der Waals surface area contributed by atoms with Crippen LogP contribution in [0.15, 0.2) is 60.0 Å². The summed E-state index contributed by atoms with van der Waals surface area (Å²) in [6.07, 6.45) is 4.30. The van der Waals surface area contributed by atoms with E-state index >= 15 is 0 Å². The van der Waals surface area contributed by atoms with Crippen LogP contribution in [0.5, 0.6) is 0 Å². The van der Waals surface area contributed by atoms with Crippen LogP contribution in [0.25, 0.3) is 11.1 Å². The Morgan fingerprint density at radius 1 is 1.12 bits per heavy atom. The minimum Gasteiger partial charge on any atom is -0.306 e. The van der Waals surface area contributed by atoms with E-state index in [2.05, 4.69) is 45.1 Å². The smallest absolute Gasteiger partial charge is 0.191 e. The maximum absolute atomic E-state index is 9.23. The Labute approximate surface area is 145 Å². The van der Waals surface area contributed by atoms with Gasteiger partial charge in [-0.25, -0.2) is 0 Å². The third kappa shape index (κ3) is 3.06. The van der Waals surface area contributed by atoms with Crippen LogP contribution in [-0.2, 0) is 5.75 Å². The maximum atomic E-state index is 9.23. The third-order valence-corrected chi connectivity index (χ3v) is 5.19. The van der Waals surface area contributed by atoms with Gasteiger partial charge >= 0.3 is 0 Å². The van der Waals surface area contributed by atoms with E-state index in [-0.39, 0.29) is 0 Å². The van der Waals surface area contributed by atoms with E-state index in [9.17, 15) is 5.26 Å². The summed E-state index contributed by atoms with van der Waals surface area (Å²) in [5, 5.41) is 18.5. The molecule has 24 heavy (non-hydrogen) atoms. The highest BCUT2D eigenvalue weighted by Crippen LogP contribution is 2.37. The van der Waals surface area contributed by atoms with E-state index in [1.54, 1.807) is 11.8 Å². The summed E-state index contributed by atoms with van der Waals surface area (Å²) >= 11 is 1.72. The van der Waals surface area contributed by atoms with Crippen LogP contribution in [0.2, 0.25) is 0 Å². The lowest BCUT2D eigenvalue weighted by molar-refractivity contribution is 0.663. The minimum atomic E-state index is 0.604. The van der Waals surface area contributed by atoms with Crippen LogP contribution < -0.4 is 0 Å². The molecule has 0 atom stereocenters. The van der Waals surface area contributed by atoms with Crippen molar-refractivity contribution in [1.82, 2.24) is 14.8 Å². The van der Waals surface area contributed by atoms with Crippen LogP contribution in [0.3, 0.4) is 0 Å². The molecular formula is C19H16N4S. The zero-order valence-electron chi connectivity index (χ0n) is 13.1. The van der Waals surface area contributed by atoms with Crippen molar-refractivity contribution >= 4 is 11.8 Å². The Bertz CT molecular complexity index is 888. The molecule has 1 fully saturated rings. The van der Waals surface area contributed by atoms with Crippen molar-refractivity contribution < 1.29 is 0 Å². The van der Waals surface area contributed by atoms with Gasteiger partial charge in [0.05, 0.1) is 11.6 Å². The molecule has 4 rings (SSSR count). The van der Waals surface area contributed by atoms with Gasteiger partial charge < -0.3 is 4.57 Å². The first kappa shape index (κ1) is 15.0. The van der Waals surface area contributed by atoms with Gasteiger partial charge in [0.25, 0.3) is 0 Å². The Balaban J connectivity index is 1.48. The summed E-state index contributed by atoms with van der Waals surface area (Å²) in [7, 11) is 0. The average Bonchev–Trinajstić information content (AvgIpc) is 3.38. The van der Waals surface area contributed by atoms with E-state index in [0.717, 1.165) is 22.0 Å². The summed E-state index contributed by atoms with van der Waals surface area (Å²) < 4.78 is 2.18. The second-order valence-corrected chi connectivity index (χ2v) is 6.84. The van der Waals surface area contributed by atoms with Gasteiger partial charge in [-0.2, -0.15) is 5.26 Å². The molecule has 0 amide bonds. The lowest BCUT2D eigenvalue weighted by Crippen LogP contribution is -1.94. The highest BCUT2D eigenvalue weighted by atomic mass is 32.2. The lowest BCUT2D eigenvalue weighted by atomic mass is 10.00. The molecular weight excluding hydrogens is 316 g/mol. The van der Waals surface area contributed by atoms with E-state index in [1.165, 1.54) is 18.4 Å². The molecule has 1 aromatic heterocycles. The number of nitrogens with zero attached hydrogens (tertiary/aromatic N) is 4. The molecule has 0 spiro atoms. The summed E-state index contributed by atoms with van der Waals surface area (Å²) in [5.41, 5.74) is 4.00. The molecule has 1 heterocycles. The van der Waals surface area contributed by atoms with Crippen molar-refractivity contribution in [3.05, 3.63) is 66.0 Å². The van der Waals surface area contributed by atoms with E-state index in [4.69, 9.17) is 0 Å². The molecule has 0 saturated heterocycles. The van der Waals surface area contributed by atoms with Gasteiger partial charge in [-0.05, 0) is 35.6 Å². The van der Waals surface area contributed by atoms with E-state index < -0.39 is 0 Å². The van der Waals surface area contributed by atoms with Gasteiger partial charge in [0.2, 0.25) is 0 Å². The fourth-order valence-electron chi connectivity index (χ4n) is 2.70. The van der Waals surface area contributed by atoms with Gasteiger partial charge in [-0.3, -0.25) is 0 Å². The van der Waals surface area contributed by atoms with Crippen molar-refractivity contribution in [3.8, 4) is 17.2 Å². The molecule has 3 aromatic rings. The predicted octanol–water partition coefficient (Wildman–Crippen LogP) is 4.44. The first-order valence-electron chi connectivity index (χ1n) is 7.96. The number of aromatic nitrogens is 3. The standard InChI is InChI=1S/C19H16N4S/c20-11-16-3-1-2-4-18(16)15-7-5-14(6-8-15)12-24-19-22-21-13-23(19)17-9-10-17/h1-8,13,17H,9-10,12H2. The lowest BCUT2D eigenvalue weighted by Gasteiger charge is -2.07. The first-order chi connectivity index (χ1) is 11.8. The number of nitriles is 1. The quantitative estimate of drug-likeness (QED) is 0.648. The van der Waals surface area contributed by atoms with Gasteiger partial charge in [0.1, 0.15) is 6.33 Å². The summed E-state index contributed by atoms with van der Waals surface area (Å²) in [5.74, 6) is 0.867. The highest BCUT2D eigenvalue weighted by Gasteiger charge is 2.26. The summed E-state index contributed by atoms with van der Waals surface area (Å²) in [4.78, 5) is 0. The van der Waals surface area contributed by atoms with Crippen molar-refractivity contribution in [2.45, 2.75) is 29.8 Å². The second-order valence-electron chi connectivity index (χ2n) is 5.89. The summed E-state index contributed by atoms with van der Waals surface area (Å²) in [6, 6.07) is 19.0. The molecule has 1 aliphatic rings. The zero-order chi connectivity index (χ0) is 16.4. The first-order valence-corrected chi connectivity index (χ1v) is 8.94. The molecule has 118 valence electrons. The minimum absolute atomic E-state index is 0.604. The number of hydrogen-bond acceptors (Lipinski definition) is 4. The number of thioether (sulfide) groups is 1. The van der Waals surface area contributed by atoms with E-state index in [0.29, 0.717) is 11.6 Å². The maximum Gasteiger partial charge on any atom is 0.191 e. The number of rotatable bonds is 5. The zero-order valence-corrected chi connectivity index (χ0v) is 13.9. The monoisotopic (exact) mass is 332 g/mol. The Morgan fingerprint density at radius 2 is 1.92 bits per heavy atom. The molecule has 0 bridgehead atoms. The molecule has 1 aliphatic carbocycles. The van der Waals surface area contributed by atoms with E-state index in [1.807, 2.05) is 30.6 Å². The molecule has 2 aromatic carbocycles.